The summed E-state index contributed by atoms with van der Waals surface area (Å²) in [5.41, 5.74) is 1.18. The molecule has 0 amide bonds. The average Bonchev–Trinajstić information content (AvgIpc) is 2.64. The number of aryl methyl sites for hydroxylation is 1. The lowest BCUT2D eigenvalue weighted by Gasteiger charge is -2.19. The number of pyridine rings is 1. The minimum absolute atomic E-state index is 0.0665. The van der Waals surface area contributed by atoms with Gasteiger partial charge in [0.2, 0.25) is 0 Å². The van der Waals surface area contributed by atoms with Gasteiger partial charge in [-0.15, -0.1) is 0 Å². The first-order valence-corrected chi connectivity index (χ1v) is 6.90. The number of nitrogens with zero attached hydrogens (tertiary/aromatic N) is 3. The topological polar surface area (TPSA) is 57.0 Å². The predicted octanol–water partition coefficient (Wildman–Crippen LogP) is 2.99. The first-order valence-electron chi connectivity index (χ1n) is 6.53. The summed E-state index contributed by atoms with van der Waals surface area (Å²) < 4.78 is 6.93. The number of esters is 1. The zero-order chi connectivity index (χ0) is 14.9. The van der Waals surface area contributed by atoms with Gasteiger partial charge in [-0.1, -0.05) is 18.5 Å². The second-order valence-electron chi connectivity index (χ2n) is 5.57. The summed E-state index contributed by atoms with van der Waals surface area (Å²) in [6.07, 6.45) is 2.40. The van der Waals surface area contributed by atoms with E-state index in [0.717, 1.165) is 23.0 Å². The van der Waals surface area contributed by atoms with Crippen LogP contribution >= 0.6 is 11.6 Å². The van der Waals surface area contributed by atoms with Crippen molar-refractivity contribution in [2.24, 2.45) is 0 Å². The quantitative estimate of drug-likeness (QED) is 0.645. The fourth-order valence-corrected chi connectivity index (χ4v) is 2.15. The van der Waals surface area contributed by atoms with Gasteiger partial charge < -0.3 is 4.74 Å². The molecule has 5 nitrogen and oxygen atoms in total. The van der Waals surface area contributed by atoms with Gasteiger partial charge in [0.1, 0.15) is 17.3 Å². The molecular weight excluding hydrogens is 278 g/mol. The third-order valence-electron chi connectivity index (χ3n) is 2.71. The fraction of sp³-hybridized carbons (Fsp3) is 0.500. The summed E-state index contributed by atoms with van der Waals surface area (Å²) in [7, 11) is 0. The molecule has 0 aromatic carbocycles. The fourth-order valence-electron chi connectivity index (χ4n) is 1.99. The van der Waals surface area contributed by atoms with Crippen LogP contribution in [-0.2, 0) is 22.5 Å². The van der Waals surface area contributed by atoms with E-state index in [9.17, 15) is 4.79 Å². The lowest BCUT2D eigenvalue weighted by molar-refractivity contribution is -0.155. The molecule has 0 spiro atoms. The lowest BCUT2D eigenvalue weighted by Crippen LogP contribution is -2.26. The standard InChI is InChI=1S/C14H18ClN3O2/c1-5-10-9-6-12(15)16-7-11(9)18(17-10)8-13(19)20-14(2,3)4/h6-7H,5,8H2,1-4H3. The molecule has 6 heteroatoms. The predicted molar refractivity (Wildman–Crippen MR) is 77.8 cm³/mol. The molecule has 2 aromatic heterocycles. The smallest absolute Gasteiger partial charge is 0.328 e. The van der Waals surface area contributed by atoms with Crippen LogP contribution in [0.5, 0.6) is 0 Å². The molecular formula is C14H18ClN3O2. The van der Waals surface area contributed by atoms with Crippen LogP contribution in [0.2, 0.25) is 5.15 Å². The van der Waals surface area contributed by atoms with E-state index in [0.29, 0.717) is 5.15 Å². The number of aromatic nitrogens is 3. The van der Waals surface area contributed by atoms with Crippen LogP contribution in [0, 0.1) is 0 Å². The lowest BCUT2D eigenvalue weighted by atomic mass is 10.2. The molecule has 0 saturated carbocycles. The largest absolute Gasteiger partial charge is 0.459 e. The molecule has 0 unspecified atom stereocenters. The van der Waals surface area contributed by atoms with Crippen LogP contribution in [0.1, 0.15) is 33.4 Å². The Balaban J connectivity index is 2.33. The van der Waals surface area contributed by atoms with E-state index in [1.807, 2.05) is 27.7 Å². The molecule has 0 atom stereocenters. The van der Waals surface area contributed by atoms with Crippen molar-refractivity contribution in [3.63, 3.8) is 0 Å². The van der Waals surface area contributed by atoms with Crippen LogP contribution < -0.4 is 0 Å². The van der Waals surface area contributed by atoms with Gasteiger partial charge in [-0.3, -0.25) is 9.48 Å². The maximum atomic E-state index is 11.9. The number of rotatable bonds is 3. The zero-order valence-corrected chi connectivity index (χ0v) is 12.9. The monoisotopic (exact) mass is 295 g/mol. The molecule has 0 fully saturated rings. The number of carbonyl (C=O) groups is 1. The van der Waals surface area contributed by atoms with Gasteiger partial charge in [0.05, 0.1) is 17.4 Å². The van der Waals surface area contributed by atoms with Crippen molar-refractivity contribution < 1.29 is 9.53 Å². The molecule has 0 aliphatic carbocycles. The third kappa shape index (κ3) is 3.28. The second kappa shape index (κ2) is 5.40. The van der Waals surface area contributed by atoms with Crippen molar-refractivity contribution in [3.05, 3.63) is 23.1 Å². The van der Waals surface area contributed by atoms with Gasteiger partial charge in [-0.05, 0) is 33.3 Å². The third-order valence-corrected chi connectivity index (χ3v) is 2.92. The molecule has 0 N–H and O–H groups in total. The van der Waals surface area contributed by atoms with Gasteiger partial charge in [0.15, 0.2) is 0 Å². The van der Waals surface area contributed by atoms with E-state index in [1.165, 1.54) is 0 Å². The highest BCUT2D eigenvalue weighted by molar-refractivity contribution is 6.30. The van der Waals surface area contributed by atoms with Gasteiger partial charge in [0.25, 0.3) is 0 Å². The highest BCUT2D eigenvalue weighted by Crippen LogP contribution is 2.21. The molecule has 108 valence electrons. The SMILES string of the molecule is CCc1nn(CC(=O)OC(C)(C)C)c2cnc(Cl)cc12. The Labute approximate surface area is 122 Å². The summed E-state index contributed by atoms with van der Waals surface area (Å²) >= 11 is 5.91. The maximum Gasteiger partial charge on any atom is 0.328 e. The number of hydrogen-bond acceptors (Lipinski definition) is 4. The Bertz CT molecular complexity index is 644. The van der Waals surface area contributed by atoms with Crippen molar-refractivity contribution in [2.45, 2.75) is 46.3 Å². The Morgan fingerprint density at radius 1 is 1.45 bits per heavy atom. The van der Waals surface area contributed by atoms with E-state index < -0.39 is 5.60 Å². The van der Waals surface area contributed by atoms with Gasteiger partial charge in [-0.2, -0.15) is 5.10 Å². The van der Waals surface area contributed by atoms with Gasteiger partial charge >= 0.3 is 5.97 Å². The molecule has 2 heterocycles. The van der Waals surface area contributed by atoms with Crippen molar-refractivity contribution in [1.29, 1.82) is 0 Å². The minimum Gasteiger partial charge on any atom is -0.459 e. The molecule has 0 bridgehead atoms. The van der Waals surface area contributed by atoms with Crippen LogP contribution in [0.25, 0.3) is 10.9 Å². The van der Waals surface area contributed by atoms with Gasteiger partial charge in [0, 0.05) is 5.39 Å². The molecule has 2 aromatic rings. The summed E-state index contributed by atoms with van der Waals surface area (Å²) in [6.45, 7) is 7.59. The normalized spacial score (nSPS) is 11.8. The van der Waals surface area contributed by atoms with Crippen molar-refractivity contribution in [1.82, 2.24) is 14.8 Å². The highest BCUT2D eigenvalue weighted by atomic mass is 35.5. The van der Waals surface area contributed by atoms with E-state index >= 15 is 0 Å². The average molecular weight is 296 g/mol. The first kappa shape index (κ1) is 14.8. The molecule has 20 heavy (non-hydrogen) atoms. The van der Waals surface area contributed by atoms with Crippen LogP contribution in [-0.4, -0.2) is 26.3 Å². The summed E-state index contributed by atoms with van der Waals surface area (Å²) in [5, 5.41) is 5.78. The number of ether oxygens (including phenoxy) is 1. The number of carbonyl (C=O) groups excluding carboxylic acids is 1. The van der Waals surface area contributed by atoms with E-state index in [2.05, 4.69) is 10.1 Å². The Hall–Kier alpha value is -1.62. The molecule has 0 aliphatic heterocycles. The molecule has 0 saturated heterocycles. The summed E-state index contributed by atoms with van der Waals surface area (Å²) in [6, 6.07) is 1.77. The first-order chi connectivity index (χ1) is 9.30. The van der Waals surface area contributed by atoms with Crippen molar-refractivity contribution >= 4 is 28.5 Å². The van der Waals surface area contributed by atoms with Crippen molar-refractivity contribution in [2.75, 3.05) is 0 Å². The summed E-state index contributed by atoms with van der Waals surface area (Å²) in [4.78, 5) is 16.0. The second-order valence-corrected chi connectivity index (χ2v) is 5.96. The Morgan fingerprint density at radius 3 is 2.75 bits per heavy atom. The number of fused-ring (bicyclic) bond motifs is 1. The van der Waals surface area contributed by atoms with Crippen LogP contribution in [0.4, 0.5) is 0 Å². The van der Waals surface area contributed by atoms with E-state index in [4.69, 9.17) is 16.3 Å². The molecule has 0 radical (unpaired) electrons. The van der Waals surface area contributed by atoms with Crippen LogP contribution in [0.15, 0.2) is 12.3 Å². The number of halogens is 1. The Morgan fingerprint density at radius 2 is 2.15 bits per heavy atom. The van der Waals surface area contributed by atoms with E-state index in [-0.39, 0.29) is 12.5 Å². The molecule has 0 aliphatic rings. The Kier molecular flexibility index (Phi) is 3.99. The highest BCUT2D eigenvalue weighted by Gasteiger charge is 2.19. The number of hydrogen-bond donors (Lipinski definition) is 0. The van der Waals surface area contributed by atoms with E-state index in [1.54, 1.807) is 16.9 Å². The van der Waals surface area contributed by atoms with Crippen LogP contribution in [0.3, 0.4) is 0 Å². The maximum absolute atomic E-state index is 11.9. The van der Waals surface area contributed by atoms with Crippen molar-refractivity contribution in [3.8, 4) is 0 Å². The summed E-state index contributed by atoms with van der Waals surface area (Å²) in [5.74, 6) is -0.320. The molecule has 2 rings (SSSR count). The zero-order valence-electron chi connectivity index (χ0n) is 12.1. The minimum atomic E-state index is -0.505. The van der Waals surface area contributed by atoms with Gasteiger partial charge in [-0.25, -0.2) is 4.98 Å².